The van der Waals surface area contributed by atoms with Crippen LogP contribution in [0.4, 0.5) is 5.82 Å². The first kappa shape index (κ1) is 15.6. The summed E-state index contributed by atoms with van der Waals surface area (Å²) in [6, 6.07) is 2.08. The van der Waals surface area contributed by atoms with Crippen LogP contribution in [0.3, 0.4) is 0 Å². The van der Waals surface area contributed by atoms with Crippen molar-refractivity contribution < 1.29 is 9.47 Å². The van der Waals surface area contributed by atoms with E-state index in [1.54, 1.807) is 7.11 Å². The summed E-state index contributed by atoms with van der Waals surface area (Å²) in [6.07, 6.45) is 3.50. The van der Waals surface area contributed by atoms with Crippen LogP contribution in [0.5, 0.6) is 0 Å². The minimum Gasteiger partial charge on any atom is -0.381 e. The number of rotatable bonds is 6. The molecule has 3 rings (SSSR count). The number of piperidine rings is 1. The zero-order valence-electron chi connectivity index (χ0n) is 13.3. The number of anilines is 1. The normalized spacial score (nSPS) is 22.9. The minimum absolute atomic E-state index is 0.387. The Hall–Kier alpha value is -1.24. The average molecular weight is 306 g/mol. The Kier molecular flexibility index (Phi) is 5.58. The van der Waals surface area contributed by atoms with Gasteiger partial charge in [0.2, 0.25) is 0 Å². The van der Waals surface area contributed by atoms with Gasteiger partial charge in [-0.15, -0.1) is 0 Å². The molecule has 0 radical (unpaired) electrons. The molecule has 0 saturated carbocycles. The van der Waals surface area contributed by atoms with Crippen LogP contribution in [-0.2, 0) is 16.1 Å². The van der Waals surface area contributed by atoms with Crippen LogP contribution in [0, 0.1) is 5.92 Å². The highest BCUT2D eigenvalue weighted by Gasteiger charge is 2.21. The molecule has 0 aliphatic carbocycles. The van der Waals surface area contributed by atoms with Crippen LogP contribution in [0.15, 0.2) is 6.07 Å². The van der Waals surface area contributed by atoms with E-state index in [1.807, 2.05) is 0 Å². The summed E-state index contributed by atoms with van der Waals surface area (Å²) < 4.78 is 10.7. The van der Waals surface area contributed by atoms with E-state index in [0.29, 0.717) is 12.5 Å². The van der Waals surface area contributed by atoms with E-state index >= 15 is 0 Å². The molecule has 0 aromatic carbocycles. The van der Waals surface area contributed by atoms with Gasteiger partial charge in [0.25, 0.3) is 0 Å². The standard InChI is InChI=1S/C16H26N4O2/c1-21-11-16-19-14(13-4-7-22-10-13)8-15(20-16)18-9-12-2-5-17-6-3-12/h8,12-13,17H,2-7,9-11H2,1H3,(H,18,19,20)/t13-/m0/s1. The number of aromatic nitrogens is 2. The second-order valence-electron chi connectivity index (χ2n) is 6.16. The third-order valence-electron chi connectivity index (χ3n) is 4.44. The Labute approximate surface area is 132 Å². The molecule has 6 nitrogen and oxygen atoms in total. The molecule has 2 saturated heterocycles. The highest BCUT2D eigenvalue weighted by Crippen LogP contribution is 2.25. The molecule has 122 valence electrons. The number of nitrogens with one attached hydrogen (secondary N) is 2. The molecular formula is C16H26N4O2. The number of hydrogen-bond donors (Lipinski definition) is 2. The largest absolute Gasteiger partial charge is 0.381 e. The average Bonchev–Trinajstić information content (AvgIpc) is 3.09. The Bertz CT molecular complexity index is 471. The van der Waals surface area contributed by atoms with E-state index in [-0.39, 0.29) is 0 Å². The first-order valence-electron chi connectivity index (χ1n) is 8.24. The molecule has 3 heterocycles. The number of methoxy groups -OCH3 is 1. The van der Waals surface area contributed by atoms with Crippen molar-refractivity contribution in [2.45, 2.75) is 31.8 Å². The van der Waals surface area contributed by atoms with E-state index in [9.17, 15) is 0 Å². The lowest BCUT2D eigenvalue weighted by Gasteiger charge is -2.23. The lowest BCUT2D eigenvalue weighted by molar-refractivity contribution is 0.177. The third kappa shape index (κ3) is 4.15. The Morgan fingerprint density at radius 2 is 2.18 bits per heavy atom. The Balaban J connectivity index is 1.67. The molecule has 2 fully saturated rings. The van der Waals surface area contributed by atoms with Gasteiger partial charge in [0, 0.05) is 32.2 Å². The molecule has 2 aliphatic rings. The molecule has 0 spiro atoms. The maximum absolute atomic E-state index is 5.49. The summed E-state index contributed by atoms with van der Waals surface area (Å²) in [7, 11) is 1.68. The van der Waals surface area contributed by atoms with Crippen molar-refractivity contribution in [1.29, 1.82) is 0 Å². The van der Waals surface area contributed by atoms with E-state index in [2.05, 4.69) is 26.7 Å². The lowest BCUT2D eigenvalue weighted by Crippen LogP contribution is -2.31. The van der Waals surface area contributed by atoms with Crippen LogP contribution in [0.2, 0.25) is 0 Å². The van der Waals surface area contributed by atoms with Crippen molar-refractivity contribution >= 4 is 5.82 Å². The van der Waals surface area contributed by atoms with Gasteiger partial charge in [0.05, 0.1) is 12.3 Å². The van der Waals surface area contributed by atoms with Crippen molar-refractivity contribution in [3.63, 3.8) is 0 Å². The summed E-state index contributed by atoms with van der Waals surface area (Å²) in [5.74, 6) is 2.78. The van der Waals surface area contributed by atoms with Gasteiger partial charge in [0.15, 0.2) is 5.82 Å². The van der Waals surface area contributed by atoms with Gasteiger partial charge in [-0.1, -0.05) is 0 Å². The summed E-state index contributed by atoms with van der Waals surface area (Å²) in [5, 5.41) is 6.90. The fraction of sp³-hybridized carbons (Fsp3) is 0.750. The molecule has 6 heteroatoms. The molecule has 1 aromatic rings. The second-order valence-corrected chi connectivity index (χ2v) is 6.16. The SMILES string of the molecule is COCc1nc(NCC2CCNCC2)cc([C@H]2CCOC2)n1. The zero-order valence-corrected chi connectivity index (χ0v) is 13.3. The van der Waals surface area contributed by atoms with Crippen molar-refractivity contribution in [3.8, 4) is 0 Å². The van der Waals surface area contributed by atoms with Crippen molar-refractivity contribution in [2.75, 3.05) is 45.3 Å². The fourth-order valence-corrected chi connectivity index (χ4v) is 3.11. The third-order valence-corrected chi connectivity index (χ3v) is 4.44. The van der Waals surface area contributed by atoms with Crippen LogP contribution in [0.1, 0.15) is 36.7 Å². The number of ether oxygens (including phenoxy) is 2. The van der Waals surface area contributed by atoms with E-state index < -0.39 is 0 Å². The Morgan fingerprint density at radius 3 is 2.91 bits per heavy atom. The van der Waals surface area contributed by atoms with Gasteiger partial charge in [-0.25, -0.2) is 9.97 Å². The quantitative estimate of drug-likeness (QED) is 0.831. The van der Waals surface area contributed by atoms with Gasteiger partial charge < -0.3 is 20.1 Å². The molecule has 2 aliphatic heterocycles. The summed E-state index contributed by atoms with van der Waals surface area (Å²) in [6.45, 7) is 5.25. The monoisotopic (exact) mass is 306 g/mol. The highest BCUT2D eigenvalue weighted by molar-refractivity contribution is 5.37. The van der Waals surface area contributed by atoms with Gasteiger partial charge in [-0.05, 0) is 38.3 Å². The van der Waals surface area contributed by atoms with Gasteiger partial charge in [-0.3, -0.25) is 0 Å². The topological polar surface area (TPSA) is 68.3 Å². The lowest BCUT2D eigenvalue weighted by atomic mass is 9.98. The molecule has 2 N–H and O–H groups in total. The van der Waals surface area contributed by atoms with Crippen molar-refractivity contribution in [2.24, 2.45) is 5.92 Å². The smallest absolute Gasteiger partial charge is 0.156 e. The van der Waals surface area contributed by atoms with Crippen molar-refractivity contribution in [1.82, 2.24) is 15.3 Å². The van der Waals surface area contributed by atoms with Crippen LogP contribution in [0.25, 0.3) is 0 Å². The minimum atomic E-state index is 0.387. The fourth-order valence-electron chi connectivity index (χ4n) is 3.11. The second kappa shape index (κ2) is 7.85. The van der Waals surface area contributed by atoms with Crippen LogP contribution >= 0.6 is 0 Å². The van der Waals surface area contributed by atoms with Crippen LogP contribution in [-0.4, -0.2) is 49.9 Å². The number of nitrogens with zero attached hydrogens (tertiary/aromatic N) is 2. The maximum Gasteiger partial charge on any atom is 0.156 e. The predicted octanol–water partition coefficient (Wildman–Crippen LogP) is 1.54. The van der Waals surface area contributed by atoms with E-state index in [0.717, 1.165) is 62.5 Å². The summed E-state index contributed by atoms with van der Waals surface area (Å²) >= 11 is 0. The molecule has 1 aromatic heterocycles. The first-order valence-corrected chi connectivity index (χ1v) is 8.24. The molecule has 0 amide bonds. The van der Waals surface area contributed by atoms with Gasteiger partial charge >= 0.3 is 0 Å². The molecule has 0 unspecified atom stereocenters. The molecule has 22 heavy (non-hydrogen) atoms. The van der Waals surface area contributed by atoms with Crippen LogP contribution < -0.4 is 10.6 Å². The molecular weight excluding hydrogens is 280 g/mol. The summed E-state index contributed by atoms with van der Waals surface area (Å²) in [5.41, 5.74) is 1.08. The zero-order chi connectivity index (χ0) is 15.2. The number of hydrogen-bond acceptors (Lipinski definition) is 6. The molecule has 1 atom stereocenters. The van der Waals surface area contributed by atoms with E-state index in [4.69, 9.17) is 9.47 Å². The Morgan fingerprint density at radius 1 is 1.32 bits per heavy atom. The molecule has 0 bridgehead atoms. The van der Waals surface area contributed by atoms with E-state index in [1.165, 1.54) is 12.8 Å². The van der Waals surface area contributed by atoms with Gasteiger partial charge in [0.1, 0.15) is 12.4 Å². The van der Waals surface area contributed by atoms with Gasteiger partial charge in [-0.2, -0.15) is 0 Å². The summed E-state index contributed by atoms with van der Waals surface area (Å²) in [4.78, 5) is 9.21. The first-order chi connectivity index (χ1) is 10.8. The maximum atomic E-state index is 5.49. The van der Waals surface area contributed by atoms with Crippen molar-refractivity contribution in [3.05, 3.63) is 17.6 Å². The predicted molar refractivity (Wildman–Crippen MR) is 85.0 cm³/mol. The highest BCUT2D eigenvalue weighted by atomic mass is 16.5.